The van der Waals surface area contributed by atoms with Gasteiger partial charge in [-0.1, -0.05) is 0 Å². The minimum Gasteiger partial charge on any atom is -0.368 e. The van der Waals surface area contributed by atoms with Crippen molar-refractivity contribution in [3.63, 3.8) is 0 Å². The maximum absolute atomic E-state index is 4.71. The smallest absolute Gasteiger partial charge is 0.185 e. The summed E-state index contributed by atoms with van der Waals surface area (Å²) in [6.45, 7) is 8.21. The van der Waals surface area contributed by atoms with E-state index in [-0.39, 0.29) is 0 Å². The van der Waals surface area contributed by atoms with E-state index in [0.717, 1.165) is 53.7 Å². The van der Waals surface area contributed by atoms with Crippen LogP contribution in [0.15, 0.2) is 24.5 Å². The molecule has 6 nitrogen and oxygen atoms in total. The molecule has 1 saturated heterocycles. The molecule has 136 valence electrons. The number of rotatable bonds is 3. The molecule has 2 aromatic heterocycles. The molecule has 26 heavy (non-hydrogen) atoms. The standard InChI is InChI=1S/C19H24N6S/c1-13-14(2)26-19(22-13)25-9-7-24(8-10-25)15-5-6-17-16(11-15)18(23(3)4)21-12-20-17/h5-6,11-12H,7-10H2,1-4H3. The first-order valence-electron chi connectivity index (χ1n) is 8.89. The Morgan fingerprint density at radius 2 is 1.73 bits per heavy atom. The van der Waals surface area contributed by atoms with Crippen LogP contribution in [0, 0.1) is 13.8 Å². The Kier molecular flexibility index (Phi) is 4.40. The highest BCUT2D eigenvalue weighted by Crippen LogP contribution is 2.29. The first-order chi connectivity index (χ1) is 12.5. The van der Waals surface area contributed by atoms with Crippen molar-refractivity contribution < 1.29 is 0 Å². The molecule has 4 rings (SSSR count). The molecule has 0 radical (unpaired) electrons. The van der Waals surface area contributed by atoms with Gasteiger partial charge in [-0.05, 0) is 32.0 Å². The second kappa shape index (κ2) is 6.72. The fourth-order valence-electron chi connectivity index (χ4n) is 3.33. The zero-order chi connectivity index (χ0) is 18.3. The van der Waals surface area contributed by atoms with E-state index in [1.807, 2.05) is 19.0 Å². The van der Waals surface area contributed by atoms with Crippen LogP contribution in [-0.2, 0) is 0 Å². The van der Waals surface area contributed by atoms with Crippen molar-refractivity contribution in [1.82, 2.24) is 15.0 Å². The predicted octanol–water partition coefficient (Wildman–Crippen LogP) is 3.10. The molecule has 0 amide bonds. The van der Waals surface area contributed by atoms with Gasteiger partial charge in [-0.25, -0.2) is 15.0 Å². The van der Waals surface area contributed by atoms with Crippen molar-refractivity contribution in [2.75, 3.05) is 55.0 Å². The summed E-state index contributed by atoms with van der Waals surface area (Å²) in [6, 6.07) is 6.49. The average Bonchev–Trinajstić information content (AvgIpc) is 2.99. The molecule has 1 aliphatic rings. The van der Waals surface area contributed by atoms with Crippen LogP contribution >= 0.6 is 11.3 Å². The van der Waals surface area contributed by atoms with Gasteiger partial charge in [0, 0.05) is 56.2 Å². The van der Waals surface area contributed by atoms with Gasteiger partial charge in [0.25, 0.3) is 0 Å². The van der Waals surface area contributed by atoms with Gasteiger partial charge >= 0.3 is 0 Å². The second-order valence-electron chi connectivity index (χ2n) is 6.91. The summed E-state index contributed by atoms with van der Waals surface area (Å²) in [7, 11) is 4.04. The molecular weight excluding hydrogens is 344 g/mol. The average molecular weight is 369 g/mol. The number of nitrogens with zero attached hydrogens (tertiary/aromatic N) is 6. The molecule has 0 aliphatic carbocycles. The topological polar surface area (TPSA) is 48.4 Å². The fraction of sp³-hybridized carbons (Fsp3) is 0.421. The second-order valence-corrected chi connectivity index (χ2v) is 8.09. The Hall–Kier alpha value is -2.41. The van der Waals surface area contributed by atoms with Crippen molar-refractivity contribution in [3.8, 4) is 0 Å². The van der Waals surface area contributed by atoms with E-state index in [4.69, 9.17) is 4.98 Å². The molecule has 7 heteroatoms. The SMILES string of the molecule is Cc1nc(N2CCN(c3ccc4ncnc(N(C)C)c4c3)CC2)sc1C. The Morgan fingerprint density at radius 1 is 1.00 bits per heavy atom. The minimum atomic E-state index is 0.962. The van der Waals surface area contributed by atoms with Crippen LogP contribution in [-0.4, -0.2) is 55.2 Å². The number of anilines is 3. The van der Waals surface area contributed by atoms with Crippen LogP contribution < -0.4 is 14.7 Å². The van der Waals surface area contributed by atoms with Gasteiger partial charge in [-0.15, -0.1) is 11.3 Å². The fourth-order valence-corrected chi connectivity index (χ4v) is 4.29. The largest absolute Gasteiger partial charge is 0.368 e. The third-order valence-electron chi connectivity index (χ3n) is 4.95. The first kappa shape index (κ1) is 17.0. The van der Waals surface area contributed by atoms with E-state index in [1.54, 1.807) is 17.7 Å². The molecule has 0 saturated carbocycles. The molecule has 3 heterocycles. The van der Waals surface area contributed by atoms with E-state index in [1.165, 1.54) is 10.6 Å². The van der Waals surface area contributed by atoms with Crippen molar-refractivity contribution in [1.29, 1.82) is 0 Å². The number of benzene rings is 1. The van der Waals surface area contributed by atoms with E-state index < -0.39 is 0 Å². The number of aromatic nitrogens is 3. The molecule has 3 aromatic rings. The number of hydrogen-bond donors (Lipinski definition) is 0. The number of fused-ring (bicyclic) bond motifs is 1. The summed E-state index contributed by atoms with van der Waals surface area (Å²) in [5.41, 5.74) is 3.37. The summed E-state index contributed by atoms with van der Waals surface area (Å²) in [4.78, 5) is 21.7. The molecule has 0 atom stereocenters. The lowest BCUT2D eigenvalue weighted by molar-refractivity contribution is 0.652. The lowest BCUT2D eigenvalue weighted by Crippen LogP contribution is -2.46. The maximum Gasteiger partial charge on any atom is 0.185 e. The highest BCUT2D eigenvalue weighted by molar-refractivity contribution is 7.15. The van der Waals surface area contributed by atoms with Crippen molar-refractivity contribution in [2.45, 2.75) is 13.8 Å². The van der Waals surface area contributed by atoms with Crippen molar-refractivity contribution in [3.05, 3.63) is 35.1 Å². The number of thiazole rings is 1. The van der Waals surface area contributed by atoms with Crippen LogP contribution in [0.2, 0.25) is 0 Å². The lowest BCUT2D eigenvalue weighted by Gasteiger charge is -2.36. The zero-order valence-electron chi connectivity index (χ0n) is 15.7. The zero-order valence-corrected chi connectivity index (χ0v) is 16.5. The van der Waals surface area contributed by atoms with Gasteiger partial charge in [-0.3, -0.25) is 0 Å². The molecule has 1 fully saturated rings. The Labute approximate surface area is 158 Å². The Bertz CT molecular complexity index is 907. The van der Waals surface area contributed by atoms with Gasteiger partial charge in [-0.2, -0.15) is 0 Å². The van der Waals surface area contributed by atoms with Gasteiger partial charge in [0.2, 0.25) is 0 Å². The quantitative estimate of drug-likeness (QED) is 0.708. The number of hydrogen-bond acceptors (Lipinski definition) is 7. The van der Waals surface area contributed by atoms with Crippen molar-refractivity contribution >= 4 is 38.9 Å². The van der Waals surface area contributed by atoms with E-state index in [0.29, 0.717) is 0 Å². The van der Waals surface area contributed by atoms with Crippen LogP contribution in [0.5, 0.6) is 0 Å². The van der Waals surface area contributed by atoms with E-state index >= 15 is 0 Å². The third kappa shape index (κ3) is 3.07. The summed E-state index contributed by atoms with van der Waals surface area (Å²) < 4.78 is 0. The minimum absolute atomic E-state index is 0.962. The highest BCUT2D eigenvalue weighted by atomic mass is 32.1. The summed E-state index contributed by atoms with van der Waals surface area (Å²) >= 11 is 1.80. The summed E-state index contributed by atoms with van der Waals surface area (Å²) in [5, 5.41) is 2.25. The van der Waals surface area contributed by atoms with Crippen LogP contribution in [0.1, 0.15) is 10.6 Å². The molecule has 0 N–H and O–H groups in total. The molecule has 1 aliphatic heterocycles. The van der Waals surface area contributed by atoms with E-state index in [9.17, 15) is 0 Å². The van der Waals surface area contributed by atoms with Gasteiger partial charge in [0.05, 0.1) is 11.2 Å². The molecule has 0 bridgehead atoms. The molecule has 1 aromatic carbocycles. The van der Waals surface area contributed by atoms with Crippen LogP contribution in [0.3, 0.4) is 0 Å². The molecular formula is C19H24N6S. The predicted molar refractivity (Wildman–Crippen MR) is 110 cm³/mol. The molecule has 0 unspecified atom stereocenters. The lowest BCUT2D eigenvalue weighted by atomic mass is 10.1. The third-order valence-corrected chi connectivity index (χ3v) is 6.09. The Morgan fingerprint density at radius 3 is 2.38 bits per heavy atom. The highest BCUT2D eigenvalue weighted by Gasteiger charge is 2.21. The monoisotopic (exact) mass is 368 g/mol. The first-order valence-corrected chi connectivity index (χ1v) is 9.70. The number of piperazine rings is 1. The summed E-state index contributed by atoms with van der Waals surface area (Å²) in [6.07, 6.45) is 1.63. The van der Waals surface area contributed by atoms with Gasteiger partial charge in [0.1, 0.15) is 12.1 Å². The normalized spacial score (nSPS) is 14.9. The van der Waals surface area contributed by atoms with E-state index in [2.05, 4.69) is 51.8 Å². The molecule has 0 spiro atoms. The van der Waals surface area contributed by atoms with Crippen molar-refractivity contribution in [2.24, 2.45) is 0 Å². The van der Waals surface area contributed by atoms with Crippen LogP contribution in [0.25, 0.3) is 10.9 Å². The Balaban J connectivity index is 1.55. The van der Waals surface area contributed by atoms with Gasteiger partial charge < -0.3 is 14.7 Å². The summed E-state index contributed by atoms with van der Waals surface area (Å²) in [5.74, 6) is 0.962. The maximum atomic E-state index is 4.71. The number of aryl methyl sites for hydroxylation is 2. The van der Waals surface area contributed by atoms with Gasteiger partial charge in [0.15, 0.2) is 5.13 Å². The van der Waals surface area contributed by atoms with Crippen LogP contribution in [0.4, 0.5) is 16.6 Å².